The van der Waals surface area contributed by atoms with Gasteiger partial charge in [-0.15, -0.1) is 0 Å². The van der Waals surface area contributed by atoms with Crippen LogP contribution in [-0.2, 0) is 13.1 Å². The molecule has 0 aromatic heterocycles. The molecule has 7 heteroatoms. The van der Waals surface area contributed by atoms with Crippen molar-refractivity contribution in [3.05, 3.63) is 88.7 Å². The van der Waals surface area contributed by atoms with Gasteiger partial charge in [-0.3, -0.25) is 4.79 Å². The number of nitrogens with zero attached hydrogens (tertiary/aromatic N) is 2. The molecule has 0 saturated carbocycles. The number of fused-ring (bicyclic) bond motifs is 1. The van der Waals surface area contributed by atoms with E-state index in [1.54, 1.807) is 50.8 Å². The van der Waals surface area contributed by atoms with E-state index in [0.29, 0.717) is 23.6 Å². The van der Waals surface area contributed by atoms with Gasteiger partial charge >= 0.3 is 0 Å². The highest BCUT2D eigenvalue weighted by molar-refractivity contribution is 5.95. The lowest BCUT2D eigenvalue weighted by molar-refractivity contribution is 0.0955. The van der Waals surface area contributed by atoms with Crippen molar-refractivity contribution in [2.75, 3.05) is 19.1 Å². The Bertz CT molecular complexity index is 1130. The monoisotopic (exact) mass is 419 g/mol. The maximum Gasteiger partial charge on any atom is 0.271 e. The Morgan fingerprint density at radius 2 is 1.71 bits per heavy atom. The number of ether oxygens (including phenoxy) is 2. The van der Waals surface area contributed by atoms with Crippen LogP contribution in [0.1, 0.15) is 27.0 Å². The van der Waals surface area contributed by atoms with Crippen LogP contribution >= 0.6 is 0 Å². The molecule has 1 aliphatic rings. The molecule has 1 N–H and O–H groups in total. The van der Waals surface area contributed by atoms with Crippen molar-refractivity contribution >= 4 is 17.8 Å². The van der Waals surface area contributed by atoms with Gasteiger partial charge in [-0.2, -0.15) is 5.10 Å². The molecule has 0 atom stereocenters. The van der Waals surface area contributed by atoms with Gasteiger partial charge in [-0.1, -0.05) is 6.07 Å². The van der Waals surface area contributed by atoms with E-state index in [9.17, 15) is 9.18 Å². The average Bonchev–Trinajstić information content (AvgIpc) is 3.22. The standard InChI is InChI=1S/C24H22FN3O3/c1-30-22-10-3-16(11-23(22)31-2)13-26-27-24(29)17-4-5-18-14-28(15-19(18)12-17)21-8-6-20(25)7-9-21/h3-13H,14-15H2,1-2H3,(H,27,29). The lowest BCUT2D eigenvalue weighted by Crippen LogP contribution is -2.18. The van der Waals surface area contributed by atoms with Crippen LogP contribution < -0.4 is 19.8 Å². The van der Waals surface area contributed by atoms with Gasteiger partial charge in [-0.05, 0) is 71.3 Å². The number of carbonyl (C=O) groups excluding carboxylic acids is 1. The second-order valence-electron chi connectivity index (χ2n) is 7.13. The average molecular weight is 419 g/mol. The third-order valence-electron chi connectivity index (χ3n) is 5.17. The first-order valence-electron chi connectivity index (χ1n) is 9.75. The molecule has 6 nitrogen and oxygen atoms in total. The fourth-order valence-corrected chi connectivity index (χ4v) is 3.53. The number of hydrogen-bond acceptors (Lipinski definition) is 5. The van der Waals surface area contributed by atoms with Crippen molar-refractivity contribution in [1.29, 1.82) is 0 Å². The molecular weight excluding hydrogens is 397 g/mol. The van der Waals surface area contributed by atoms with Gasteiger partial charge in [-0.25, -0.2) is 9.82 Å². The third-order valence-corrected chi connectivity index (χ3v) is 5.17. The number of benzene rings is 3. The maximum absolute atomic E-state index is 13.2. The van der Waals surface area contributed by atoms with E-state index in [4.69, 9.17) is 9.47 Å². The lowest BCUT2D eigenvalue weighted by atomic mass is 10.1. The van der Waals surface area contributed by atoms with Crippen molar-refractivity contribution in [3.8, 4) is 11.5 Å². The fraction of sp³-hybridized carbons (Fsp3) is 0.167. The molecule has 0 bridgehead atoms. The van der Waals surface area contributed by atoms with Gasteiger partial charge in [0.2, 0.25) is 0 Å². The van der Waals surface area contributed by atoms with Gasteiger partial charge in [0.25, 0.3) is 5.91 Å². The SMILES string of the molecule is COc1ccc(C=NNC(=O)c2ccc3c(c2)CN(c2ccc(F)cc2)C3)cc1OC. The normalized spacial score (nSPS) is 12.7. The van der Waals surface area contributed by atoms with E-state index in [1.807, 2.05) is 18.2 Å². The number of halogens is 1. The largest absolute Gasteiger partial charge is 0.493 e. The maximum atomic E-state index is 13.2. The highest BCUT2D eigenvalue weighted by atomic mass is 19.1. The molecular formula is C24H22FN3O3. The van der Waals surface area contributed by atoms with Gasteiger partial charge < -0.3 is 14.4 Å². The van der Waals surface area contributed by atoms with Crippen molar-refractivity contribution in [2.45, 2.75) is 13.1 Å². The molecule has 0 radical (unpaired) electrons. The molecule has 31 heavy (non-hydrogen) atoms. The summed E-state index contributed by atoms with van der Waals surface area (Å²) in [5.41, 5.74) is 7.02. The van der Waals surface area contributed by atoms with Crippen molar-refractivity contribution < 1.29 is 18.7 Å². The second kappa shape index (κ2) is 8.87. The highest BCUT2D eigenvalue weighted by Crippen LogP contribution is 2.29. The van der Waals surface area contributed by atoms with Gasteiger partial charge in [0.15, 0.2) is 11.5 Å². The van der Waals surface area contributed by atoms with E-state index in [0.717, 1.165) is 28.9 Å². The summed E-state index contributed by atoms with van der Waals surface area (Å²) >= 11 is 0. The number of hydrogen-bond donors (Lipinski definition) is 1. The van der Waals surface area contributed by atoms with Crippen LogP contribution in [0.4, 0.5) is 10.1 Å². The van der Waals surface area contributed by atoms with E-state index in [2.05, 4.69) is 15.4 Å². The smallest absolute Gasteiger partial charge is 0.271 e. The van der Waals surface area contributed by atoms with Crippen LogP contribution in [0.3, 0.4) is 0 Å². The molecule has 0 spiro atoms. The number of anilines is 1. The highest BCUT2D eigenvalue weighted by Gasteiger charge is 2.20. The number of carbonyl (C=O) groups is 1. The van der Waals surface area contributed by atoms with E-state index in [-0.39, 0.29) is 11.7 Å². The van der Waals surface area contributed by atoms with Crippen molar-refractivity contribution in [3.63, 3.8) is 0 Å². The minimum Gasteiger partial charge on any atom is -0.493 e. The van der Waals surface area contributed by atoms with Crippen LogP contribution in [0, 0.1) is 5.82 Å². The van der Waals surface area contributed by atoms with Gasteiger partial charge in [0.05, 0.1) is 20.4 Å². The number of amides is 1. The summed E-state index contributed by atoms with van der Waals surface area (Å²) in [5.74, 6) is 0.659. The third kappa shape index (κ3) is 4.50. The summed E-state index contributed by atoms with van der Waals surface area (Å²) < 4.78 is 23.7. The molecule has 3 aromatic carbocycles. The number of nitrogens with one attached hydrogen (secondary N) is 1. The molecule has 1 heterocycles. The lowest BCUT2D eigenvalue weighted by Gasteiger charge is -2.17. The zero-order valence-electron chi connectivity index (χ0n) is 17.3. The predicted octanol–water partition coefficient (Wildman–Crippen LogP) is 4.13. The minimum atomic E-state index is -0.292. The molecule has 0 unspecified atom stereocenters. The van der Waals surface area contributed by atoms with Crippen molar-refractivity contribution in [1.82, 2.24) is 5.43 Å². The zero-order chi connectivity index (χ0) is 21.8. The number of rotatable bonds is 6. The van der Waals surface area contributed by atoms with E-state index < -0.39 is 0 Å². The van der Waals surface area contributed by atoms with Gasteiger partial charge in [0, 0.05) is 24.3 Å². The van der Waals surface area contributed by atoms with Crippen LogP contribution in [0.2, 0.25) is 0 Å². The summed E-state index contributed by atoms with van der Waals surface area (Å²) in [7, 11) is 3.13. The first-order valence-corrected chi connectivity index (χ1v) is 9.75. The molecule has 1 aliphatic heterocycles. The summed E-state index contributed by atoms with van der Waals surface area (Å²) in [5, 5.41) is 4.05. The minimum absolute atomic E-state index is 0.256. The first kappa shape index (κ1) is 20.4. The molecule has 0 aliphatic carbocycles. The van der Waals surface area contributed by atoms with Crippen LogP contribution in [-0.4, -0.2) is 26.3 Å². The topological polar surface area (TPSA) is 63.2 Å². The number of methoxy groups -OCH3 is 2. The Hall–Kier alpha value is -3.87. The second-order valence-corrected chi connectivity index (χ2v) is 7.13. The molecule has 0 saturated heterocycles. The van der Waals surface area contributed by atoms with E-state index >= 15 is 0 Å². The summed E-state index contributed by atoms with van der Waals surface area (Å²) in [4.78, 5) is 14.7. The Morgan fingerprint density at radius 3 is 2.45 bits per heavy atom. The molecule has 158 valence electrons. The fourth-order valence-electron chi connectivity index (χ4n) is 3.53. The quantitative estimate of drug-likeness (QED) is 0.482. The van der Waals surface area contributed by atoms with Crippen molar-refractivity contribution in [2.24, 2.45) is 5.10 Å². The van der Waals surface area contributed by atoms with Crippen LogP contribution in [0.25, 0.3) is 0 Å². The van der Waals surface area contributed by atoms with Crippen LogP contribution in [0.5, 0.6) is 11.5 Å². The Balaban J connectivity index is 1.41. The predicted molar refractivity (Wildman–Crippen MR) is 117 cm³/mol. The van der Waals surface area contributed by atoms with Crippen LogP contribution in [0.15, 0.2) is 65.8 Å². The molecule has 0 fully saturated rings. The first-order chi connectivity index (χ1) is 15.1. The number of hydrazone groups is 1. The van der Waals surface area contributed by atoms with Gasteiger partial charge in [0.1, 0.15) is 5.82 Å². The molecule has 4 rings (SSSR count). The Kier molecular flexibility index (Phi) is 5.84. The molecule has 1 amide bonds. The Labute approximate surface area is 179 Å². The summed E-state index contributed by atoms with van der Waals surface area (Å²) in [6, 6.07) is 17.4. The zero-order valence-corrected chi connectivity index (χ0v) is 17.3. The summed E-state index contributed by atoms with van der Waals surface area (Å²) in [6.07, 6.45) is 1.55. The summed E-state index contributed by atoms with van der Waals surface area (Å²) in [6.45, 7) is 1.39. The Morgan fingerprint density at radius 1 is 0.968 bits per heavy atom. The molecule has 3 aromatic rings. The van der Waals surface area contributed by atoms with E-state index in [1.165, 1.54) is 12.1 Å².